The van der Waals surface area contributed by atoms with E-state index in [-0.39, 0.29) is 65.1 Å². The number of carbonyl (C=O) groups is 1. The maximum absolute atomic E-state index is 12.4. The highest BCUT2D eigenvalue weighted by Gasteiger charge is 2.48. The Kier molecular flexibility index (Phi) is 23.4. The van der Waals surface area contributed by atoms with Gasteiger partial charge in [-0.15, -0.1) is 0 Å². The number of allylic oxidation sites excluding steroid dienone is 4. The van der Waals surface area contributed by atoms with Crippen LogP contribution in [0.4, 0.5) is 11.4 Å². The van der Waals surface area contributed by atoms with Gasteiger partial charge in [-0.2, -0.15) is 21.4 Å². The van der Waals surface area contributed by atoms with Crippen LogP contribution in [-0.4, -0.2) is 178 Å². The lowest BCUT2D eigenvalue weighted by Gasteiger charge is -2.31. The molecule has 406 valence electrons. The number of hydrogen-bond acceptors (Lipinski definition) is 18. The van der Waals surface area contributed by atoms with Gasteiger partial charge in [-0.25, -0.2) is 16.8 Å². The van der Waals surface area contributed by atoms with Crippen molar-refractivity contribution in [3.8, 4) is 0 Å². The van der Waals surface area contributed by atoms with Crippen LogP contribution in [0.1, 0.15) is 76.3 Å². The van der Waals surface area contributed by atoms with E-state index in [1.54, 1.807) is 39.2 Å². The third kappa shape index (κ3) is 18.6. The van der Waals surface area contributed by atoms with Crippen molar-refractivity contribution in [2.24, 2.45) is 0 Å². The van der Waals surface area contributed by atoms with Gasteiger partial charge in [-0.05, 0) is 94.3 Å². The van der Waals surface area contributed by atoms with E-state index in [9.17, 15) is 61.8 Å². The maximum Gasteiger partial charge on any atom is 0.303 e. The van der Waals surface area contributed by atoms with Crippen LogP contribution in [-0.2, 0) is 84.5 Å². The maximum atomic E-state index is 12.4. The molecule has 72 heavy (non-hydrogen) atoms. The lowest BCUT2D eigenvalue weighted by Crippen LogP contribution is -2.32. The third-order valence-corrected chi connectivity index (χ3v) is 15.6. The minimum atomic E-state index is -4.97. The fourth-order valence-electron chi connectivity index (χ4n) is 8.83. The Hall–Kier alpha value is -3.74. The van der Waals surface area contributed by atoms with Crippen molar-refractivity contribution in [2.45, 2.75) is 85.8 Å². The minimum absolute atomic E-state index is 0.00241. The number of methoxy groups -OCH3 is 1. The number of benzene rings is 2. The van der Waals surface area contributed by atoms with Gasteiger partial charge in [0.05, 0.1) is 104 Å². The molecule has 2 unspecified atom stereocenters. The second kappa shape index (κ2) is 27.7. The molecule has 0 aromatic heterocycles. The van der Waals surface area contributed by atoms with Crippen molar-refractivity contribution in [1.29, 1.82) is 0 Å². The van der Waals surface area contributed by atoms with E-state index >= 15 is 0 Å². The van der Waals surface area contributed by atoms with Crippen LogP contribution in [0.3, 0.4) is 0 Å². The van der Waals surface area contributed by atoms with Gasteiger partial charge in [0.25, 0.3) is 20.2 Å². The Morgan fingerprint density at radius 3 is 1.76 bits per heavy atom. The second-order valence-electron chi connectivity index (χ2n) is 17.6. The molecule has 0 amide bonds. The molecule has 2 aromatic carbocycles. The molecule has 0 radical (unpaired) electrons. The Morgan fingerprint density at radius 1 is 0.681 bits per heavy atom. The number of unbranched alkanes of at least 4 members (excludes halogenated alkanes) is 2. The van der Waals surface area contributed by atoms with Crippen LogP contribution in [0.2, 0.25) is 0 Å². The van der Waals surface area contributed by atoms with Crippen LogP contribution in [0, 0.1) is 0 Å². The molecule has 26 heteroatoms. The molecule has 0 fully saturated rings. The van der Waals surface area contributed by atoms with Crippen molar-refractivity contribution in [3.05, 3.63) is 71.5 Å². The average molecular weight is 1100 g/mol. The number of rotatable bonds is 36. The van der Waals surface area contributed by atoms with Crippen molar-refractivity contribution in [3.63, 3.8) is 0 Å². The topological polar surface area (TPSA) is 322 Å². The first-order valence-electron chi connectivity index (χ1n) is 23.3. The van der Waals surface area contributed by atoms with Crippen LogP contribution < -0.4 is 4.90 Å². The summed E-state index contributed by atoms with van der Waals surface area (Å²) in [5.74, 6) is -2.32. The molecule has 0 bridgehead atoms. The van der Waals surface area contributed by atoms with Crippen molar-refractivity contribution in [2.75, 3.05) is 109 Å². The number of aliphatic carboxylic acids is 1. The van der Waals surface area contributed by atoms with E-state index in [1.807, 2.05) is 9.48 Å². The number of carboxylic acid groups (broad SMARTS) is 1. The van der Waals surface area contributed by atoms with E-state index in [0.717, 1.165) is 6.07 Å². The van der Waals surface area contributed by atoms with Gasteiger partial charge < -0.3 is 47.5 Å². The van der Waals surface area contributed by atoms with E-state index < -0.39 is 78.6 Å². The van der Waals surface area contributed by atoms with E-state index in [1.165, 1.54) is 30.3 Å². The number of anilines is 1. The van der Waals surface area contributed by atoms with E-state index in [0.29, 0.717) is 106 Å². The molecule has 0 saturated carbocycles. The van der Waals surface area contributed by atoms with Crippen LogP contribution in [0.15, 0.2) is 70.1 Å². The molecule has 0 saturated heterocycles. The summed E-state index contributed by atoms with van der Waals surface area (Å²) >= 11 is 0. The molecule has 2 aromatic rings. The predicted molar refractivity (Wildman–Crippen MR) is 261 cm³/mol. The second-order valence-corrected chi connectivity index (χ2v) is 23.5. The highest BCUT2D eigenvalue weighted by molar-refractivity contribution is 7.86. The first-order valence-corrected chi connectivity index (χ1v) is 29.4. The van der Waals surface area contributed by atoms with Gasteiger partial charge in [0, 0.05) is 66.8 Å². The van der Waals surface area contributed by atoms with Crippen LogP contribution in [0.25, 0.3) is 0 Å². The normalized spacial score (nSPS) is 19.0. The van der Waals surface area contributed by atoms with Crippen LogP contribution >= 0.6 is 0 Å². The summed E-state index contributed by atoms with van der Waals surface area (Å²) in [5, 5.41) is 9.22. The van der Waals surface area contributed by atoms with Crippen LogP contribution in [0.5, 0.6) is 0 Å². The summed E-state index contributed by atoms with van der Waals surface area (Å²) in [5.41, 5.74) is 0.455. The number of hydrogen-bond donors (Lipinski definition) is 3. The first kappa shape index (κ1) is 60.8. The lowest BCUT2D eigenvalue weighted by molar-refractivity contribution is -0.438. The smallest absolute Gasteiger partial charge is 0.303 e. The number of ether oxygens (including phenoxy) is 6. The zero-order valence-electron chi connectivity index (χ0n) is 40.8. The summed E-state index contributed by atoms with van der Waals surface area (Å²) in [4.78, 5) is 12.1. The summed E-state index contributed by atoms with van der Waals surface area (Å²) < 4.78 is 176. The molecule has 2 heterocycles. The molecule has 2 aliphatic heterocycles. The standard InChI is InChI=1S/C46H68N2O20S4/c1-45(17-8-32-69(51,52)53)38-34-36(71(57,58)59)13-15-40(38)47(19-6-4-5-12-44(49)50)42(45)10-7-11-43-46(2,18-9-33-70(54,55)56)39-35-37(72(60,61)62)14-16-41(39)48(43)20-21-64-24-25-66-28-29-68-31-30-67-27-26-65-23-22-63-3/h7,10-11,13-16,34-35H,4-6,8-9,12,17-33H2,1-3H3,(H4-,49,50,51,52,53,54,55,56,57,58,59,60,61,62)/p-1. The average Bonchev–Trinajstić information content (AvgIpc) is 3.65. The van der Waals surface area contributed by atoms with Gasteiger partial charge in [-0.1, -0.05) is 6.08 Å². The highest BCUT2D eigenvalue weighted by atomic mass is 32.2. The van der Waals surface area contributed by atoms with Gasteiger partial charge >= 0.3 is 5.97 Å². The first-order chi connectivity index (χ1) is 33.8. The number of fused-ring (bicyclic) bond motifs is 2. The summed E-state index contributed by atoms with van der Waals surface area (Å²) in [7, 11) is -17.2. The summed E-state index contributed by atoms with van der Waals surface area (Å²) in [6, 6.07) is 7.89. The van der Waals surface area contributed by atoms with Crippen molar-refractivity contribution in [1.82, 2.24) is 0 Å². The number of carboxylic acids is 1. The monoisotopic (exact) mass is 1100 g/mol. The Labute approximate surface area is 423 Å². The molecule has 2 aliphatic rings. The fourth-order valence-corrected chi connectivity index (χ4v) is 10.8. The largest absolute Gasteiger partial charge is 0.748 e. The zero-order chi connectivity index (χ0) is 53.2. The molecule has 0 aliphatic carbocycles. The molecule has 0 spiro atoms. The highest BCUT2D eigenvalue weighted by Crippen LogP contribution is 2.51. The molecule has 2 atom stereocenters. The Balaban J connectivity index is 1.68. The van der Waals surface area contributed by atoms with E-state index in [4.69, 9.17) is 28.4 Å². The SMILES string of the molecule is COCCOCCOCCOCCOCCOCCN1/C(=C/C=C/C2=[N+](CCCCCC(=O)O)c3ccc(S(=O)(=O)O)cc3C2(C)CCCS(=O)(=O)O)C(C)(CCCS(=O)(=O)[O-])c2cc(S(=O)(=O)[O-])ccc21. The quantitative estimate of drug-likeness (QED) is 0.0496. The molecular weight excluding hydrogens is 1030 g/mol. The van der Waals surface area contributed by atoms with Gasteiger partial charge in [-0.3, -0.25) is 13.9 Å². The third-order valence-electron chi connectivity index (χ3n) is 12.3. The molecule has 3 N–H and O–H groups in total. The van der Waals surface area contributed by atoms with Crippen molar-refractivity contribution < 1.29 is 94.8 Å². The summed E-state index contributed by atoms with van der Waals surface area (Å²) in [6.07, 6.45) is 6.19. The van der Waals surface area contributed by atoms with Crippen molar-refractivity contribution >= 4 is 63.5 Å². The Morgan fingerprint density at radius 2 is 1.22 bits per heavy atom. The van der Waals surface area contributed by atoms with Gasteiger partial charge in [0.2, 0.25) is 5.69 Å². The minimum Gasteiger partial charge on any atom is -0.748 e. The number of nitrogens with zero attached hydrogens (tertiary/aromatic N) is 2. The fraction of sp³-hybridized carbons (Fsp3) is 0.609. The predicted octanol–water partition coefficient (Wildman–Crippen LogP) is 3.78. The molecular formula is C46H67N2O20S4-. The molecule has 22 nitrogen and oxygen atoms in total. The zero-order valence-corrected chi connectivity index (χ0v) is 44.0. The van der Waals surface area contributed by atoms with E-state index in [2.05, 4.69) is 0 Å². The lowest BCUT2D eigenvalue weighted by atomic mass is 9.75. The molecule has 4 rings (SSSR count). The van der Waals surface area contributed by atoms with Gasteiger partial charge in [0.15, 0.2) is 5.71 Å². The Bertz CT molecular complexity index is 2690. The van der Waals surface area contributed by atoms with Gasteiger partial charge in [0.1, 0.15) is 16.7 Å². The summed E-state index contributed by atoms with van der Waals surface area (Å²) in [6.45, 7) is 7.65.